The van der Waals surface area contributed by atoms with Crippen LogP contribution in [-0.4, -0.2) is 30.4 Å². The van der Waals surface area contributed by atoms with E-state index in [4.69, 9.17) is 0 Å². The molecule has 6 nitrogen and oxygen atoms in total. The Morgan fingerprint density at radius 2 is 2.00 bits per heavy atom. The van der Waals surface area contributed by atoms with Gasteiger partial charge in [0.15, 0.2) is 9.84 Å². The Balaban J connectivity index is 2.10. The predicted molar refractivity (Wildman–Crippen MR) is 89.1 cm³/mol. The number of halogens is 1. The number of rotatable bonds is 5. The maximum Gasteiger partial charge on any atom is 0.224 e. The van der Waals surface area contributed by atoms with Gasteiger partial charge in [-0.3, -0.25) is 9.48 Å². The third-order valence-corrected chi connectivity index (χ3v) is 5.01. The molecular formula is C16H20FN3O3S. The normalized spacial score (nSPS) is 11.5. The Kier molecular flexibility index (Phi) is 5.08. The summed E-state index contributed by atoms with van der Waals surface area (Å²) in [6, 6.07) is 3.33. The fourth-order valence-corrected chi connectivity index (χ4v) is 3.11. The predicted octanol–water partition coefficient (Wildman–Crippen LogP) is 2.15. The van der Waals surface area contributed by atoms with Crippen LogP contribution in [0.2, 0.25) is 0 Å². The van der Waals surface area contributed by atoms with Crippen LogP contribution in [-0.2, 0) is 28.1 Å². The number of aromatic nitrogens is 2. The molecule has 0 saturated heterocycles. The van der Waals surface area contributed by atoms with Gasteiger partial charge in [0.2, 0.25) is 5.91 Å². The van der Waals surface area contributed by atoms with Gasteiger partial charge in [0, 0.05) is 25.4 Å². The van der Waals surface area contributed by atoms with Crippen molar-refractivity contribution < 1.29 is 17.6 Å². The molecule has 0 atom stereocenters. The molecule has 1 N–H and O–H groups in total. The topological polar surface area (TPSA) is 81.1 Å². The van der Waals surface area contributed by atoms with Gasteiger partial charge < -0.3 is 5.32 Å². The number of hydrogen-bond acceptors (Lipinski definition) is 4. The van der Waals surface area contributed by atoms with Gasteiger partial charge in [-0.05, 0) is 44.0 Å². The first kappa shape index (κ1) is 18.1. The minimum atomic E-state index is -3.47. The first-order valence-electron chi connectivity index (χ1n) is 7.38. The SMILES string of the molecule is Cc1nn(C)c(C)c1CCC(=O)Nc1cc(S(C)(=O)=O)ccc1F. The van der Waals surface area contributed by atoms with Crippen molar-refractivity contribution >= 4 is 21.4 Å². The average molecular weight is 353 g/mol. The third-order valence-electron chi connectivity index (χ3n) is 3.90. The summed E-state index contributed by atoms with van der Waals surface area (Å²) in [5, 5.41) is 6.72. The molecule has 1 aromatic carbocycles. The van der Waals surface area contributed by atoms with Crippen LogP contribution in [0, 0.1) is 19.7 Å². The highest BCUT2D eigenvalue weighted by Gasteiger charge is 2.15. The van der Waals surface area contributed by atoms with Gasteiger partial charge in [-0.15, -0.1) is 0 Å². The lowest BCUT2D eigenvalue weighted by atomic mass is 10.1. The standard InChI is InChI=1S/C16H20FN3O3S/c1-10-13(11(2)20(3)19-10)6-8-16(21)18-15-9-12(24(4,22)23)5-7-14(15)17/h5,7,9H,6,8H2,1-4H3,(H,18,21). The Labute approximate surface area is 140 Å². The number of nitrogens with zero attached hydrogens (tertiary/aromatic N) is 2. The fourth-order valence-electron chi connectivity index (χ4n) is 2.46. The minimum Gasteiger partial charge on any atom is -0.324 e. The number of hydrogen-bond donors (Lipinski definition) is 1. The monoisotopic (exact) mass is 353 g/mol. The van der Waals surface area contributed by atoms with E-state index in [0.717, 1.165) is 35.3 Å². The number of carbonyl (C=O) groups is 1. The van der Waals surface area contributed by atoms with Gasteiger partial charge >= 0.3 is 0 Å². The Hall–Kier alpha value is -2.22. The van der Waals surface area contributed by atoms with E-state index in [2.05, 4.69) is 10.4 Å². The molecule has 2 aromatic rings. The van der Waals surface area contributed by atoms with E-state index in [1.54, 1.807) is 4.68 Å². The lowest BCUT2D eigenvalue weighted by Crippen LogP contribution is -2.14. The molecule has 0 spiro atoms. The van der Waals surface area contributed by atoms with Crippen molar-refractivity contribution in [2.24, 2.45) is 7.05 Å². The van der Waals surface area contributed by atoms with E-state index < -0.39 is 15.7 Å². The molecule has 0 aliphatic carbocycles. The summed E-state index contributed by atoms with van der Waals surface area (Å²) in [4.78, 5) is 12.0. The first-order valence-corrected chi connectivity index (χ1v) is 9.27. The number of aryl methyl sites for hydroxylation is 2. The van der Waals surface area contributed by atoms with Gasteiger partial charge in [0.25, 0.3) is 0 Å². The molecule has 1 aromatic heterocycles. The number of benzene rings is 1. The Bertz CT molecular complexity index is 888. The van der Waals surface area contributed by atoms with Crippen LogP contribution in [0.3, 0.4) is 0 Å². The van der Waals surface area contributed by atoms with Crippen molar-refractivity contribution in [1.82, 2.24) is 9.78 Å². The highest BCUT2D eigenvalue weighted by Crippen LogP contribution is 2.20. The summed E-state index contributed by atoms with van der Waals surface area (Å²) < 4.78 is 38.6. The number of sulfone groups is 1. The summed E-state index contributed by atoms with van der Waals surface area (Å²) in [7, 11) is -1.64. The molecule has 0 aliphatic heterocycles. The molecule has 0 fully saturated rings. The molecule has 0 bridgehead atoms. The summed E-state index contributed by atoms with van der Waals surface area (Å²) in [6.45, 7) is 3.79. The van der Waals surface area contributed by atoms with Crippen LogP contribution >= 0.6 is 0 Å². The Morgan fingerprint density at radius 1 is 1.33 bits per heavy atom. The zero-order chi connectivity index (χ0) is 18.1. The second-order valence-corrected chi connectivity index (χ2v) is 7.75. The zero-order valence-corrected chi connectivity index (χ0v) is 14.9. The van der Waals surface area contributed by atoms with Crippen molar-refractivity contribution in [3.63, 3.8) is 0 Å². The molecule has 0 radical (unpaired) electrons. The number of nitrogens with one attached hydrogen (secondary N) is 1. The van der Waals surface area contributed by atoms with E-state index in [-0.39, 0.29) is 22.9 Å². The van der Waals surface area contributed by atoms with E-state index in [0.29, 0.717) is 6.42 Å². The number of anilines is 1. The number of carbonyl (C=O) groups excluding carboxylic acids is 1. The molecular weight excluding hydrogens is 333 g/mol. The summed E-state index contributed by atoms with van der Waals surface area (Å²) in [6.07, 6.45) is 1.65. The van der Waals surface area contributed by atoms with Crippen LogP contribution < -0.4 is 5.32 Å². The zero-order valence-electron chi connectivity index (χ0n) is 14.1. The van der Waals surface area contributed by atoms with Crippen LogP contribution in [0.5, 0.6) is 0 Å². The Morgan fingerprint density at radius 3 is 2.54 bits per heavy atom. The lowest BCUT2D eigenvalue weighted by molar-refractivity contribution is -0.116. The number of amides is 1. The maximum absolute atomic E-state index is 13.8. The van der Waals surface area contributed by atoms with Crippen molar-refractivity contribution in [2.45, 2.75) is 31.6 Å². The van der Waals surface area contributed by atoms with E-state index >= 15 is 0 Å². The van der Waals surface area contributed by atoms with Gasteiger partial charge in [-0.25, -0.2) is 12.8 Å². The van der Waals surface area contributed by atoms with Crippen molar-refractivity contribution in [3.05, 3.63) is 41.0 Å². The van der Waals surface area contributed by atoms with Crippen LogP contribution in [0.4, 0.5) is 10.1 Å². The molecule has 1 amide bonds. The quantitative estimate of drug-likeness (QED) is 0.835. The second kappa shape index (κ2) is 6.72. The first-order chi connectivity index (χ1) is 11.1. The largest absolute Gasteiger partial charge is 0.324 e. The maximum atomic E-state index is 13.8. The van der Waals surface area contributed by atoms with Gasteiger partial charge in [-0.1, -0.05) is 0 Å². The van der Waals surface area contributed by atoms with Crippen molar-refractivity contribution in [1.29, 1.82) is 0 Å². The van der Waals surface area contributed by atoms with Gasteiger partial charge in [0.05, 0.1) is 16.3 Å². The summed E-state index contributed by atoms with van der Waals surface area (Å²) >= 11 is 0. The molecule has 1 heterocycles. The smallest absolute Gasteiger partial charge is 0.224 e. The van der Waals surface area contributed by atoms with Gasteiger partial charge in [0.1, 0.15) is 5.82 Å². The fraction of sp³-hybridized carbons (Fsp3) is 0.375. The summed E-state index contributed by atoms with van der Waals surface area (Å²) in [5.41, 5.74) is 2.68. The lowest BCUT2D eigenvalue weighted by Gasteiger charge is -2.08. The van der Waals surface area contributed by atoms with Crippen molar-refractivity contribution in [3.8, 4) is 0 Å². The van der Waals surface area contributed by atoms with Crippen LogP contribution in [0.1, 0.15) is 23.4 Å². The van der Waals surface area contributed by atoms with E-state index in [1.807, 2.05) is 20.9 Å². The molecule has 130 valence electrons. The molecule has 0 saturated carbocycles. The minimum absolute atomic E-state index is 0.0434. The molecule has 24 heavy (non-hydrogen) atoms. The summed E-state index contributed by atoms with van der Waals surface area (Å²) in [5.74, 6) is -1.06. The highest BCUT2D eigenvalue weighted by atomic mass is 32.2. The van der Waals surface area contributed by atoms with Crippen LogP contribution in [0.15, 0.2) is 23.1 Å². The second-order valence-electron chi connectivity index (χ2n) is 5.73. The van der Waals surface area contributed by atoms with Crippen LogP contribution in [0.25, 0.3) is 0 Å². The van der Waals surface area contributed by atoms with Gasteiger partial charge in [-0.2, -0.15) is 5.10 Å². The molecule has 0 aliphatic rings. The average Bonchev–Trinajstić information content (AvgIpc) is 2.71. The van der Waals surface area contributed by atoms with E-state index in [1.165, 1.54) is 6.07 Å². The third kappa shape index (κ3) is 4.00. The highest BCUT2D eigenvalue weighted by molar-refractivity contribution is 7.90. The van der Waals surface area contributed by atoms with E-state index in [9.17, 15) is 17.6 Å². The molecule has 0 unspecified atom stereocenters. The van der Waals surface area contributed by atoms with Crippen molar-refractivity contribution in [2.75, 3.05) is 11.6 Å². The molecule has 8 heteroatoms. The molecule has 2 rings (SSSR count).